The van der Waals surface area contributed by atoms with Crippen LogP contribution in [0.15, 0.2) is 54.6 Å². The third-order valence-corrected chi connectivity index (χ3v) is 4.11. The second-order valence-electron chi connectivity index (χ2n) is 6.52. The van der Waals surface area contributed by atoms with Crippen LogP contribution in [0.1, 0.15) is 49.0 Å². The highest BCUT2D eigenvalue weighted by molar-refractivity contribution is 6.03. The molecule has 1 atom stereocenters. The third kappa shape index (κ3) is 5.62. The number of benzene rings is 2. The van der Waals surface area contributed by atoms with Crippen molar-refractivity contribution in [2.75, 3.05) is 11.9 Å². The van der Waals surface area contributed by atoms with Gasteiger partial charge in [0, 0.05) is 18.5 Å². The van der Waals surface area contributed by atoms with Crippen LogP contribution >= 0.6 is 0 Å². The minimum absolute atomic E-state index is 0.0205. The molecule has 2 aromatic rings. The molecule has 2 rings (SSSR count). The molecule has 5 heteroatoms. The number of para-hydroxylation sites is 1. The van der Waals surface area contributed by atoms with Crippen LogP contribution in [0.5, 0.6) is 0 Å². The number of carbonyl (C=O) groups excluding carboxylic acids is 2. The Balaban J connectivity index is 2.04. The quantitative estimate of drug-likeness (QED) is 0.700. The summed E-state index contributed by atoms with van der Waals surface area (Å²) >= 11 is 0. The number of hydrogen-bond donors (Lipinski definition) is 3. The zero-order valence-electron chi connectivity index (χ0n) is 15.6. The highest BCUT2D eigenvalue weighted by Gasteiger charge is 2.15. The number of carbonyl (C=O) groups is 2. The molecule has 3 amide bonds. The van der Waals surface area contributed by atoms with E-state index in [9.17, 15) is 9.59 Å². The molecule has 138 valence electrons. The average molecular weight is 353 g/mol. The van der Waals surface area contributed by atoms with E-state index in [-0.39, 0.29) is 23.9 Å². The first-order valence-electron chi connectivity index (χ1n) is 9.01. The van der Waals surface area contributed by atoms with Gasteiger partial charge in [-0.3, -0.25) is 4.79 Å². The van der Waals surface area contributed by atoms with Crippen molar-refractivity contribution in [1.82, 2.24) is 10.6 Å². The fourth-order valence-corrected chi connectivity index (χ4v) is 2.74. The lowest BCUT2D eigenvalue weighted by atomic mass is 9.96. The molecule has 0 radical (unpaired) electrons. The van der Waals surface area contributed by atoms with Gasteiger partial charge in [-0.15, -0.1) is 0 Å². The minimum atomic E-state index is -0.323. The number of nitrogens with one attached hydrogen (secondary N) is 3. The molecule has 0 aromatic heterocycles. The van der Waals surface area contributed by atoms with Crippen molar-refractivity contribution >= 4 is 17.6 Å². The molecule has 5 nitrogen and oxygen atoms in total. The Hall–Kier alpha value is -2.82. The SMILES string of the molecule is CC[C@H](CNC(=O)c1ccccc1NC(=O)NC(C)C)c1ccccc1. The minimum Gasteiger partial charge on any atom is -0.351 e. The number of urea groups is 1. The number of hydrogen-bond acceptors (Lipinski definition) is 2. The Morgan fingerprint density at radius 1 is 0.962 bits per heavy atom. The van der Waals surface area contributed by atoms with Crippen molar-refractivity contribution in [3.05, 3.63) is 65.7 Å². The summed E-state index contributed by atoms with van der Waals surface area (Å²) in [6.07, 6.45) is 0.932. The van der Waals surface area contributed by atoms with Gasteiger partial charge in [-0.05, 0) is 38.0 Å². The first-order chi connectivity index (χ1) is 12.5. The summed E-state index contributed by atoms with van der Waals surface area (Å²) in [7, 11) is 0. The molecule has 0 fully saturated rings. The van der Waals surface area contributed by atoms with Gasteiger partial charge < -0.3 is 16.0 Å². The topological polar surface area (TPSA) is 70.2 Å². The van der Waals surface area contributed by atoms with Gasteiger partial charge >= 0.3 is 6.03 Å². The van der Waals surface area contributed by atoms with Crippen molar-refractivity contribution in [2.45, 2.75) is 39.2 Å². The van der Waals surface area contributed by atoms with Gasteiger partial charge in [-0.2, -0.15) is 0 Å². The van der Waals surface area contributed by atoms with Gasteiger partial charge in [0.05, 0.1) is 11.3 Å². The van der Waals surface area contributed by atoms with Crippen LogP contribution in [-0.4, -0.2) is 24.5 Å². The van der Waals surface area contributed by atoms with Crippen LogP contribution in [-0.2, 0) is 0 Å². The molecular formula is C21H27N3O2. The van der Waals surface area contributed by atoms with Crippen LogP contribution in [0.25, 0.3) is 0 Å². The van der Waals surface area contributed by atoms with E-state index in [1.54, 1.807) is 24.3 Å². The Bertz CT molecular complexity index is 729. The van der Waals surface area contributed by atoms with Crippen molar-refractivity contribution in [1.29, 1.82) is 0 Å². The van der Waals surface area contributed by atoms with Gasteiger partial charge in [0.15, 0.2) is 0 Å². The molecule has 0 aliphatic carbocycles. The van der Waals surface area contributed by atoms with E-state index >= 15 is 0 Å². The van der Waals surface area contributed by atoms with Crippen molar-refractivity contribution in [3.63, 3.8) is 0 Å². The summed E-state index contributed by atoms with van der Waals surface area (Å²) < 4.78 is 0. The Kier molecular flexibility index (Phi) is 7.21. The predicted octanol–water partition coefficient (Wildman–Crippen LogP) is 4.14. The van der Waals surface area contributed by atoms with Crippen molar-refractivity contribution in [2.24, 2.45) is 0 Å². The predicted molar refractivity (Wildman–Crippen MR) is 106 cm³/mol. The molecule has 0 spiro atoms. The molecule has 26 heavy (non-hydrogen) atoms. The largest absolute Gasteiger partial charge is 0.351 e. The van der Waals surface area contributed by atoms with Gasteiger partial charge in [-0.25, -0.2) is 4.79 Å². The highest BCUT2D eigenvalue weighted by atomic mass is 16.2. The number of rotatable bonds is 7. The van der Waals surface area contributed by atoms with E-state index in [2.05, 4.69) is 35.0 Å². The summed E-state index contributed by atoms with van der Waals surface area (Å²) in [6, 6.07) is 16.9. The smallest absolute Gasteiger partial charge is 0.319 e. The molecule has 2 aromatic carbocycles. The lowest BCUT2D eigenvalue weighted by molar-refractivity contribution is 0.0952. The zero-order valence-corrected chi connectivity index (χ0v) is 15.6. The molecule has 0 unspecified atom stereocenters. The molecule has 0 bridgehead atoms. The summed E-state index contributed by atoms with van der Waals surface area (Å²) in [5.41, 5.74) is 2.16. The molecule has 0 aliphatic heterocycles. The fourth-order valence-electron chi connectivity index (χ4n) is 2.74. The first-order valence-corrected chi connectivity index (χ1v) is 9.01. The summed E-state index contributed by atoms with van der Waals surface area (Å²) in [5.74, 6) is 0.0596. The van der Waals surface area contributed by atoms with E-state index in [1.807, 2.05) is 32.0 Å². The standard InChI is InChI=1S/C21H27N3O2/c1-4-16(17-10-6-5-7-11-17)14-22-20(25)18-12-8-9-13-19(18)24-21(26)23-15(2)3/h5-13,15-16H,4,14H2,1-3H3,(H,22,25)(H2,23,24,26)/t16-/m1/s1. The third-order valence-electron chi connectivity index (χ3n) is 4.11. The van der Waals surface area contributed by atoms with Crippen LogP contribution in [0.2, 0.25) is 0 Å². The first kappa shape index (κ1) is 19.5. The van der Waals surface area contributed by atoms with Gasteiger partial charge in [-0.1, -0.05) is 49.4 Å². The molecule has 0 saturated carbocycles. The molecular weight excluding hydrogens is 326 g/mol. The molecule has 3 N–H and O–H groups in total. The summed E-state index contributed by atoms with van der Waals surface area (Å²) in [6.45, 7) is 6.42. The van der Waals surface area contributed by atoms with Gasteiger partial charge in [0.2, 0.25) is 0 Å². The summed E-state index contributed by atoms with van der Waals surface area (Å²) in [5, 5.41) is 8.49. The Morgan fingerprint density at radius 2 is 1.62 bits per heavy atom. The van der Waals surface area contributed by atoms with Crippen LogP contribution in [0.3, 0.4) is 0 Å². The highest BCUT2D eigenvalue weighted by Crippen LogP contribution is 2.19. The van der Waals surface area contributed by atoms with Crippen LogP contribution < -0.4 is 16.0 Å². The molecule has 0 saturated heterocycles. The van der Waals surface area contributed by atoms with E-state index < -0.39 is 0 Å². The fraction of sp³-hybridized carbons (Fsp3) is 0.333. The van der Waals surface area contributed by atoms with E-state index in [4.69, 9.17) is 0 Å². The van der Waals surface area contributed by atoms with Gasteiger partial charge in [0.25, 0.3) is 5.91 Å². The van der Waals surface area contributed by atoms with Crippen LogP contribution in [0.4, 0.5) is 10.5 Å². The maximum absolute atomic E-state index is 12.6. The van der Waals surface area contributed by atoms with E-state index in [0.29, 0.717) is 17.8 Å². The lowest BCUT2D eigenvalue weighted by Crippen LogP contribution is -2.35. The lowest BCUT2D eigenvalue weighted by Gasteiger charge is -2.17. The Labute approximate surface area is 155 Å². The maximum Gasteiger partial charge on any atom is 0.319 e. The summed E-state index contributed by atoms with van der Waals surface area (Å²) in [4.78, 5) is 24.6. The van der Waals surface area contributed by atoms with Crippen molar-refractivity contribution < 1.29 is 9.59 Å². The second-order valence-corrected chi connectivity index (χ2v) is 6.52. The van der Waals surface area contributed by atoms with Gasteiger partial charge in [0.1, 0.15) is 0 Å². The monoisotopic (exact) mass is 353 g/mol. The molecule has 0 aliphatic rings. The number of anilines is 1. The maximum atomic E-state index is 12.6. The van der Waals surface area contributed by atoms with E-state index in [1.165, 1.54) is 5.56 Å². The van der Waals surface area contributed by atoms with Crippen molar-refractivity contribution in [3.8, 4) is 0 Å². The number of amides is 3. The average Bonchev–Trinajstić information content (AvgIpc) is 2.62. The Morgan fingerprint density at radius 3 is 2.27 bits per heavy atom. The second kappa shape index (κ2) is 9.61. The molecule has 0 heterocycles. The zero-order chi connectivity index (χ0) is 18.9. The van der Waals surface area contributed by atoms with Crippen LogP contribution in [0, 0.1) is 0 Å². The normalized spacial score (nSPS) is 11.7. The van der Waals surface area contributed by atoms with E-state index in [0.717, 1.165) is 6.42 Å².